The Morgan fingerprint density at radius 2 is 0.848 bits per heavy atom. The van der Waals surface area contributed by atoms with Crippen molar-refractivity contribution in [3.8, 4) is 18.2 Å². The van der Waals surface area contributed by atoms with Gasteiger partial charge in [0.25, 0.3) is 20.2 Å². The van der Waals surface area contributed by atoms with E-state index >= 15 is 0 Å². The van der Waals surface area contributed by atoms with Gasteiger partial charge in [-0.2, -0.15) is 47.9 Å². The van der Waals surface area contributed by atoms with Gasteiger partial charge in [0.15, 0.2) is 0 Å². The Morgan fingerprint density at radius 1 is 0.515 bits per heavy atom. The second kappa shape index (κ2) is 27.6. The van der Waals surface area contributed by atoms with Crippen LogP contribution in [0.5, 0.6) is 0 Å². The van der Waals surface area contributed by atoms with Crippen LogP contribution < -0.4 is 0 Å². The molecule has 0 aliphatic rings. The average Bonchev–Trinajstić information content (AvgIpc) is 4.12. The molecule has 7 aromatic heterocycles. The number of aromatic nitrogens is 10. The van der Waals surface area contributed by atoms with Gasteiger partial charge in [0.1, 0.15) is 0 Å². The lowest BCUT2D eigenvalue weighted by molar-refractivity contribution is 0.236. The third-order valence-electron chi connectivity index (χ3n) is 8.84. The first-order valence-electron chi connectivity index (χ1n) is 20.1. The fourth-order valence-electron chi connectivity index (χ4n) is 5.50. The van der Waals surface area contributed by atoms with Crippen molar-refractivity contribution >= 4 is 20.2 Å². The van der Waals surface area contributed by atoms with Crippen LogP contribution in [0, 0.1) is 34.0 Å². The molecule has 1 N–H and O–H groups in total. The fraction of sp³-hybridized carbons (Fsp3) is 0.289. The van der Waals surface area contributed by atoms with E-state index in [9.17, 15) is 16.8 Å². The third-order valence-corrected chi connectivity index (χ3v) is 10.1. The van der Waals surface area contributed by atoms with E-state index in [4.69, 9.17) is 24.2 Å². The summed E-state index contributed by atoms with van der Waals surface area (Å²) < 4.78 is 56.4. The van der Waals surface area contributed by atoms with E-state index in [0.29, 0.717) is 19.3 Å². The minimum Gasteiger partial charge on any atom is -0.282 e. The summed E-state index contributed by atoms with van der Waals surface area (Å²) in [7, 11) is -6.78. The number of hydrogen-bond donors (Lipinski definition) is 1. The molecule has 0 aromatic carbocycles. The van der Waals surface area contributed by atoms with Crippen LogP contribution >= 0.6 is 0 Å². The van der Waals surface area contributed by atoms with Gasteiger partial charge in [-0.1, -0.05) is 0 Å². The number of nitriles is 3. The molecule has 7 heterocycles. The van der Waals surface area contributed by atoms with Crippen LogP contribution in [0.3, 0.4) is 0 Å². The van der Waals surface area contributed by atoms with Crippen LogP contribution in [-0.2, 0) is 47.9 Å². The second-order valence-corrected chi connectivity index (χ2v) is 17.2. The number of nitrogens with zero attached hydrogens (tertiary/aromatic N) is 12. The van der Waals surface area contributed by atoms with Gasteiger partial charge in [0, 0.05) is 73.9 Å². The first-order valence-corrected chi connectivity index (χ1v) is 23.7. The Hall–Kier alpha value is -7.48. The highest BCUT2D eigenvalue weighted by Crippen LogP contribution is 2.19. The Morgan fingerprint density at radius 3 is 1.14 bits per heavy atom. The summed E-state index contributed by atoms with van der Waals surface area (Å²) in [5.41, 5.74) is 6.38. The van der Waals surface area contributed by atoms with Crippen molar-refractivity contribution in [2.75, 3.05) is 12.5 Å². The van der Waals surface area contributed by atoms with E-state index in [0.717, 1.165) is 51.8 Å². The minimum absolute atomic E-state index is 0.162. The largest absolute Gasteiger partial charge is 0.282 e. The summed E-state index contributed by atoms with van der Waals surface area (Å²) >= 11 is 0. The topological polar surface area (TPSA) is 274 Å². The molecule has 66 heavy (non-hydrogen) atoms. The molecule has 0 aliphatic heterocycles. The zero-order chi connectivity index (χ0) is 48.4. The van der Waals surface area contributed by atoms with Gasteiger partial charge >= 0.3 is 0 Å². The van der Waals surface area contributed by atoms with E-state index in [1.165, 1.54) is 0 Å². The van der Waals surface area contributed by atoms with Crippen LogP contribution in [0.15, 0.2) is 135 Å². The minimum atomic E-state index is -3.39. The smallest absolute Gasteiger partial charge is 0.264 e. The van der Waals surface area contributed by atoms with Gasteiger partial charge < -0.3 is 0 Å². The standard InChI is InChI=1S/2C12H12N4.2C8H11NO3S.C5H5N3/c2*1-10(11-3-7-14-8-4-11)16-9-5-12(15-16)2-6-13;2*1-7(12-13(2,10)11)8-3-5-9-6-4-8;6-3-1-5-2-4-7-8-5/h2*3-5,7-10H,2H2,1H3;2*3-7H,1-2H3;2,4H,1H2,(H,7,8)/t2*10-;2*7-;/m1010./s1. The molecule has 0 unspecified atom stereocenters. The van der Waals surface area contributed by atoms with E-state index < -0.39 is 32.4 Å². The molecule has 0 aliphatic carbocycles. The molecule has 0 saturated carbocycles. The molecule has 344 valence electrons. The van der Waals surface area contributed by atoms with Gasteiger partial charge in [0.05, 0.1) is 85.7 Å². The van der Waals surface area contributed by atoms with E-state index in [2.05, 4.69) is 66.3 Å². The summed E-state index contributed by atoms with van der Waals surface area (Å²) in [5.74, 6) is 0. The van der Waals surface area contributed by atoms with Crippen molar-refractivity contribution in [3.05, 3.63) is 174 Å². The lowest BCUT2D eigenvalue weighted by atomic mass is 10.1. The van der Waals surface area contributed by atoms with Gasteiger partial charge in [-0.15, -0.1) is 0 Å². The summed E-state index contributed by atoms with van der Waals surface area (Å²) in [4.78, 5) is 15.6. The molecule has 0 radical (unpaired) electrons. The number of H-pyrrole nitrogens is 1. The predicted octanol–water partition coefficient (Wildman–Crippen LogP) is 6.62. The van der Waals surface area contributed by atoms with Crippen LogP contribution in [-0.4, -0.2) is 79.0 Å². The molecule has 19 nitrogen and oxygen atoms in total. The molecule has 0 amide bonds. The maximum absolute atomic E-state index is 10.8. The first kappa shape index (κ1) is 52.9. The van der Waals surface area contributed by atoms with Crippen molar-refractivity contribution in [2.24, 2.45) is 0 Å². The molecule has 7 aromatic rings. The molecular weight excluding hydrogens is 883 g/mol. The Bertz CT molecular complexity index is 2620. The molecule has 0 spiro atoms. The van der Waals surface area contributed by atoms with E-state index in [1.54, 1.807) is 100.0 Å². The van der Waals surface area contributed by atoms with Gasteiger partial charge in [0.2, 0.25) is 0 Å². The SMILES string of the molecule is C[C@@H](OS(C)(=O)=O)c1ccncc1.C[C@@H](c1ccncc1)n1ccc(CC#N)n1.C[C@H](OS(C)(=O)=O)c1ccncc1.C[C@H](c1ccncc1)n1ccc(CC#N)n1.N#CCc1ccn[nH]1. The zero-order valence-electron chi connectivity index (χ0n) is 37.3. The van der Waals surface area contributed by atoms with Crippen LogP contribution in [0.25, 0.3) is 0 Å². The Labute approximate surface area is 385 Å². The van der Waals surface area contributed by atoms with Crippen LogP contribution in [0.1, 0.15) is 91.3 Å². The van der Waals surface area contributed by atoms with Crippen molar-refractivity contribution < 1.29 is 25.2 Å². The van der Waals surface area contributed by atoms with Gasteiger partial charge in [-0.05, 0) is 117 Å². The Kier molecular flexibility index (Phi) is 22.1. The van der Waals surface area contributed by atoms with Crippen LogP contribution in [0.4, 0.5) is 0 Å². The number of nitrogens with one attached hydrogen (secondary N) is 1. The zero-order valence-corrected chi connectivity index (χ0v) is 38.9. The molecule has 0 fully saturated rings. The third kappa shape index (κ3) is 20.4. The number of pyridine rings is 4. The molecule has 0 bridgehead atoms. The second-order valence-electron chi connectivity index (χ2n) is 14.0. The van der Waals surface area contributed by atoms with E-state index in [-0.39, 0.29) is 12.1 Å². The molecular formula is C45H51N13O6S2. The fourth-order valence-corrected chi connectivity index (χ4v) is 6.77. The summed E-state index contributed by atoms with van der Waals surface area (Å²) in [5, 5.41) is 40.3. The monoisotopic (exact) mass is 933 g/mol. The lowest BCUT2D eigenvalue weighted by Gasteiger charge is -2.11. The summed E-state index contributed by atoms with van der Waals surface area (Å²) in [6, 6.07) is 26.8. The van der Waals surface area contributed by atoms with Crippen LogP contribution in [0.2, 0.25) is 0 Å². The van der Waals surface area contributed by atoms with Crippen molar-refractivity contribution in [2.45, 2.75) is 71.2 Å². The molecule has 4 atom stereocenters. The maximum Gasteiger partial charge on any atom is 0.264 e. The van der Waals surface area contributed by atoms with Crippen molar-refractivity contribution in [1.29, 1.82) is 15.8 Å². The summed E-state index contributed by atoms with van der Waals surface area (Å²) in [6.45, 7) is 7.49. The lowest BCUT2D eigenvalue weighted by Crippen LogP contribution is -2.07. The van der Waals surface area contributed by atoms with Gasteiger partial charge in [-0.3, -0.25) is 42.8 Å². The molecule has 21 heteroatoms. The predicted molar refractivity (Wildman–Crippen MR) is 244 cm³/mol. The molecule has 0 saturated heterocycles. The highest BCUT2D eigenvalue weighted by Gasteiger charge is 2.13. The number of aromatic amines is 1. The average molecular weight is 934 g/mol. The maximum atomic E-state index is 10.8. The summed E-state index contributed by atoms with van der Waals surface area (Å²) in [6.07, 6.45) is 21.2. The Balaban J connectivity index is 0.000000222. The van der Waals surface area contributed by atoms with Gasteiger partial charge in [-0.25, -0.2) is 0 Å². The van der Waals surface area contributed by atoms with E-state index in [1.807, 2.05) is 64.2 Å². The van der Waals surface area contributed by atoms with Crippen molar-refractivity contribution in [3.63, 3.8) is 0 Å². The quantitative estimate of drug-likeness (QED) is 0.119. The molecule has 7 rings (SSSR count). The van der Waals surface area contributed by atoms with Crippen molar-refractivity contribution in [1.82, 2.24) is 49.7 Å². The number of hydrogen-bond acceptors (Lipinski definition) is 16. The highest BCUT2D eigenvalue weighted by molar-refractivity contribution is 7.86. The number of rotatable bonds is 13. The normalized spacial score (nSPS) is 12.3. The highest BCUT2D eigenvalue weighted by atomic mass is 32.2. The first-order chi connectivity index (χ1) is 31.5.